The first-order chi connectivity index (χ1) is 13.8. The van der Waals surface area contributed by atoms with Gasteiger partial charge in [0.25, 0.3) is 5.09 Å². The van der Waals surface area contributed by atoms with Gasteiger partial charge in [0.2, 0.25) is 5.91 Å². The average molecular weight is 409 g/mol. The van der Waals surface area contributed by atoms with Gasteiger partial charge in [0.1, 0.15) is 24.6 Å². The topological polar surface area (TPSA) is 123 Å². The molecule has 0 heterocycles. The molecule has 0 aliphatic heterocycles. The van der Waals surface area contributed by atoms with Crippen molar-refractivity contribution < 1.29 is 24.6 Å². The molecule has 3 N–H and O–H groups in total. The van der Waals surface area contributed by atoms with Gasteiger partial charge in [-0.1, -0.05) is 38.8 Å². The molecule has 0 saturated heterocycles. The van der Waals surface area contributed by atoms with Crippen molar-refractivity contribution in [2.75, 3.05) is 13.2 Å². The van der Waals surface area contributed by atoms with Crippen LogP contribution in [-0.4, -0.2) is 53.5 Å². The third-order valence-corrected chi connectivity index (χ3v) is 4.76. The van der Waals surface area contributed by atoms with Crippen molar-refractivity contribution in [3.05, 3.63) is 39.9 Å². The zero-order valence-electron chi connectivity index (χ0n) is 17.0. The molecule has 162 valence electrons. The van der Waals surface area contributed by atoms with Crippen molar-refractivity contribution in [1.82, 2.24) is 10.6 Å². The SMILES string of the molecule is CC(C)NCC(O)COc1ccc(CC(=O)N[C@@H]2CCCC[C@H]2O[N+](=O)[O-])cc1. The maximum atomic E-state index is 12.3. The number of aliphatic hydroxyl groups is 1. The molecule has 1 aromatic carbocycles. The zero-order chi connectivity index (χ0) is 21.2. The van der Waals surface area contributed by atoms with Gasteiger partial charge in [0, 0.05) is 12.6 Å². The highest BCUT2D eigenvalue weighted by molar-refractivity contribution is 5.79. The van der Waals surface area contributed by atoms with Crippen LogP contribution >= 0.6 is 0 Å². The molecule has 0 spiro atoms. The summed E-state index contributed by atoms with van der Waals surface area (Å²) in [5, 5.41) is 25.7. The second-order valence-corrected chi connectivity index (χ2v) is 7.67. The van der Waals surface area contributed by atoms with Crippen molar-refractivity contribution in [2.24, 2.45) is 0 Å². The lowest BCUT2D eigenvalue weighted by molar-refractivity contribution is -0.770. The fourth-order valence-electron chi connectivity index (χ4n) is 3.27. The van der Waals surface area contributed by atoms with E-state index in [-0.39, 0.29) is 25.0 Å². The van der Waals surface area contributed by atoms with Crippen LogP contribution < -0.4 is 15.4 Å². The smallest absolute Gasteiger partial charge is 0.294 e. The Labute approximate surface area is 170 Å². The van der Waals surface area contributed by atoms with E-state index in [1.165, 1.54) is 0 Å². The molecule has 9 nitrogen and oxygen atoms in total. The molecular weight excluding hydrogens is 378 g/mol. The maximum absolute atomic E-state index is 12.3. The summed E-state index contributed by atoms with van der Waals surface area (Å²) in [6.45, 7) is 4.65. The number of hydrogen-bond donors (Lipinski definition) is 3. The number of carbonyl (C=O) groups is 1. The van der Waals surface area contributed by atoms with Crippen LogP contribution in [0.1, 0.15) is 45.1 Å². The standard InChI is InChI=1S/C20H31N3O6/c1-14(2)21-12-16(24)13-28-17-9-7-15(8-10-17)11-20(25)22-18-5-3-4-6-19(18)29-23(26)27/h7-10,14,16,18-19,21,24H,3-6,11-13H2,1-2H3,(H,22,25)/t16?,18-,19-/m1/s1. The van der Waals surface area contributed by atoms with E-state index in [9.17, 15) is 20.0 Å². The molecule has 1 unspecified atom stereocenters. The summed E-state index contributed by atoms with van der Waals surface area (Å²) in [6.07, 6.45) is 1.98. The lowest BCUT2D eigenvalue weighted by Crippen LogP contribution is -2.47. The van der Waals surface area contributed by atoms with Crippen LogP contribution in [0.2, 0.25) is 0 Å². The third kappa shape index (κ3) is 8.66. The molecule has 0 bridgehead atoms. The highest BCUT2D eigenvalue weighted by Crippen LogP contribution is 2.21. The molecule has 2 rings (SSSR count). The van der Waals surface area contributed by atoms with Gasteiger partial charge in [-0.2, -0.15) is 0 Å². The summed E-state index contributed by atoms with van der Waals surface area (Å²) in [7, 11) is 0. The molecule has 1 aliphatic rings. The van der Waals surface area contributed by atoms with Gasteiger partial charge < -0.3 is 25.3 Å². The molecule has 0 radical (unpaired) electrons. The molecule has 1 aromatic rings. The fourth-order valence-corrected chi connectivity index (χ4v) is 3.27. The first-order valence-electron chi connectivity index (χ1n) is 10.1. The minimum Gasteiger partial charge on any atom is -0.491 e. The summed E-state index contributed by atoms with van der Waals surface area (Å²) in [5.74, 6) is 0.419. The molecule has 0 aromatic heterocycles. The van der Waals surface area contributed by atoms with Crippen molar-refractivity contribution in [1.29, 1.82) is 0 Å². The number of hydrogen-bond acceptors (Lipinski definition) is 7. The zero-order valence-corrected chi connectivity index (χ0v) is 17.0. The lowest BCUT2D eigenvalue weighted by atomic mass is 9.92. The fraction of sp³-hybridized carbons (Fsp3) is 0.650. The number of aliphatic hydroxyl groups excluding tert-OH is 1. The first-order valence-corrected chi connectivity index (χ1v) is 10.1. The Bertz CT molecular complexity index is 652. The normalized spacial score (nSPS) is 20.1. The summed E-state index contributed by atoms with van der Waals surface area (Å²) in [4.78, 5) is 27.7. The summed E-state index contributed by atoms with van der Waals surface area (Å²) < 4.78 is 5.56. The van der Waals surface area contributed by atoms with Crippen molar-refractivity contribution >= 4 is 5.91 Å². The second kappa shape index (κ2) is 11.6. The van der Waals surface area contributed by atoms with E-state index in [0.29, 0.717) is 31.2 Å². The van der Waals surface area contributed by atoms with Crippen molar-refractivity contribution in [3.8, 4) is 5.75 Å². The Morgan fingerprint density at radius 1 is 1.28 bits per heavy atom. The van der Waals surface area contributed by atoms with E-state index in [1.807, 2.05) is 13.8 Å². The number of nitrogens with one attached hydrogen (secondary N) is 2. The Hall–Kier alpha value is -2.39. The van der Waals surface area contributed by atoms with Gasteiger partial charge in [0.15, 0.2) is 0 Å². The van der Waals surface area contributed by atoms with Crippen LogP contribution in [0.5, 0.6) is 5.75 Å². The molecular formula is C20H31N3O6. The van der Waals surface area contributed by atoms with E-state index in [0.717, 1.165) is 18.4 Å². The minimum absolute atomic E-state index is 0.170. The monoisotopic (exact) mass is 409 g/mol. The number of rotatable bonds is 11. The number of benzene rings is 1. The Morgan fingerprint density at radius 3 is 2.62 bits per heavy atom. The number of carbonyl (C=O) groups excluding carboxylic acids is 1. The van der Waals surface area contributed by atoms with Gasteiger partial charge >= 0.3 is 0 Å². The van der Waals surface area contributed by atoms with Crippen LogP contribution in [0.3, 0.4) is 0 Å². The maximum Gasteiger partial charge on any atom is 0.294 e. The van der Waals surface area contributed by atoms with Crippen molar-refractivity contribution in [3.63, 3.8) is 0 Å². The molecule has 3 atom stereocenters. The predicted octanol–water partition coefficient (Wildman–Crippen LogP) is 1.60. The van der Waals surface area contributed by atoms with Crippen LogP contribution in [0.15, 0.2) is 24.3 Å². The van der Waals surface area contributed by atoms with Crippen LogP contribution in [0.25, 0.3) is 0 Å². The van der Waals surface area contributed by atoms with E-state index in [1.54, 1.807) is 24.3 Å². The van der Waals surface area contributed by atoms with Crippen LogP contribution in [0.4, 0.5) is 0 Å². The molecule has 1 aliphatic carbocycles. The second-order valence-electron chi connectivity index (χ2n) is 7.67. The lowest BCUT2D eigenvalue weighted by Gasteiger charge is -2.30. The number of ether oxygens (including phenoxy) is 1. The Balaban J connectivity index is 1.78. The van der Waals surface area contributed by atoms with E-state index in [4.69, 9.17) is 9.57 Å². The summed E-state index contributed by atoms with van der Waals surface area (Å²) >= 11 is 0. The van der Waals surface area contributed by atoms with Crippen LogP contribution in [0, 0.1) is 10.1 Å². The molecule has 9 heteroatoms. The Morgan fingerprint density at radius 2 is 1.97 bits per heavy atom. The summed E-state index contributed by atoms with van der Waals surface area (Å²) in [6, 6.07) is 7.05. The molecule has 1 amide bonds. The quantitative estimate of drug-likeness (QED) is 0.375. The number of amides is 1. The van der Waals surface area contributed by atoms with Gasteiger partial charge in [-0.25, -0.2) is 0 Å². The highest BCUT2D eigenvalue weighted by Gasteiger charge is 2.29. The average Bonchev–Trinajstić information content (AvgIpc) is 2.67. The van der Waals surface area contributed by atoms with Crippen molar-refractivity contribution in [2.45, 2.75) is 70.2 Å². The Kier molecular flexibility index (Phi) is 9.14. The van der Waals surface area contributed by atoms with Gasteiger partial charge in [-0.05, 0) is 30.5 Å². The van der Waals surface area contributed by atoms with Crippen LogP contribution in [-0.2, 0) is 16.1 Å². The van der Waals surface area contributed by atoms with E-state index < -0.39 is 17.3 Å². The molecule has 1 saturated carbocycles. The minimum atomic E-state index is -0.788. The van der Waals surface area contributed by atoms with Gasteiger partial charge in [-0.3, -0.25) is 4.79 Å². The summed E-state index contributed by atoms with van der Waals surface area (Å²) in [5.41, 5.74) is 0.805. The highest BCUT2D eigenvalue weighted by atomic mass is 17.0. The predicted molar refractivity (Wildman–Crippen MR) is 107 cm³/mol. The van der Waals surface area contributed by atoms with Gasteiger partial charge in [-0.15, -0.1) is 10.1 Å². The number of nitrogens with zero attached hydrogens (tertiary/aromatic N) is 1. The first kappa shape index (κ1) is 22.9. The largest absolute Gasteiger partial charge is 0.491 e. The molecule has 1 fully saturated rings. The molecule has 29 heavy (non-hydrogen) atoms. The van der Waals surface area contributed by atoms with E-state index >= 15 is 0 Å². The van der Waals surface area contributed by atoms with E-state index in [2.05, 4.69) is 10.6 Å². The third-order valence-electron chi connectivity index (χ3n) is 4.76. The van der Waals surface area contributed by atoms with Gasteiger partial charge in [0.05, 0.1) is 12.5 Å².